The van der Waals surface area contributed by atoms with Crippen LogP contribution in [-0.4, -0.2) is 22.0 Å². The lowest BCUT2D eigenvalue weighted by atomic mass is 10.1. The Bertz CT molecular complexity index is 598. The molecule has 0 saturated carbocycles. The lowest BCUT2D eigenvalue weighted by Gasteiger charge is -2.10. The molecular weight excluding hydrogens is 266 g/mol. The number of ether oxygens (including phenoxy) is 1. The lowest BCUT2D eigenvalue weighted by Crippen LogP contribution is -2.37. The standard InChI is InChI=1S/C13H12ClN3O2/c14-9-1-2-10-8(5-9)6-11(19-10)13(18)17-7-12-15-3-4-16-12/h1-5,11H,6-7H2,(H,15,16)(H,17,18). The molecule has 0 fully saturated rings. The Morgan fingerprint density at radius 3 is 3.26 bits per heavy atom. The van der Waals surface area contributed by atoms with Gasteiger partial charge in [0.1, 0.15) is 11.6 Å². The fourth-order valence-corrected chi connectivity index (χ4v) is 2.24. The molecule has 1 amide bonds. The van der Waals surface area contributed by atoms with E-state index in [9.17, 15) is 4.79 Å². The second-order valence-electron chi connectivity index (χ2n) is 4.32. The highest BCUT2D eigenvalue weighted by Crippen LogP contribution is 2.31. The van der Waals surface area contributed by atoms with Crippen LogP contribution in [0.3, 0.4) is 0 Å². The van der Waals surface area contributed by atoms with Crippen LogP contribution in [0.4, 0.5) is 0 Å². The van der Waals surface area contributed by atoms with Gasteiger partial charge in [0, 0.05) is 23.8 Å². The maximum atomic E-state index is 12.0. The molecule has 1 aliphatic rings. The molecule has 1 aliphatic heterocycles. The van der Waals surface area contributed by atoms with E-state index < -0.39 is 6.10 Å². The van der Waals surface area contributed by atoms with Gasteiger partial charge in [-0.05, 0) is 23.8 Å². The Morgan fingerprint density at radius 2 is 2.47 bits per heavy atom. The van der Waals surface area contributed by atoms with E-state index in [4.69, 9.17) is 16.3 Å². The molecule has 2 heterocycles. The summed E-state index contributed by atoms with van der Waals surface area (Å²) >= 11 is 5.91. The number of rotatable bonds is 3. The second-order valence-corrected chi connectivity index (χ2v) is 4.75. The number of hydrogen-bond donors (Lipinski definition) is 2. The third-order valence-electron chi connectivity index (χ3n) is 2.97. The van der Waals surface area contributed by atoms with Crippen molar-refractivity contribution in [2.45, 2.75) is 19.1 Å². The van der Waals surface area contributed by atoms with Crippen molar-refractivity contribution < 1.29 is 9.53 Å². The van der Waals surface area contributed by atoms with Crippen LogP contribution in [0, 0.1) is 0 Å². The number of fused-ring (bicyclic) bond motifs is 1. The van der Waals surface area contributed by atoms with Crippen molar-refractivity contribution in [1.29, 1.82) is 0 Å². The number of benzene rings is 1. The quantitative estimate of drug-likeness (QED) is 0.897. The number of nitrogens with zero attached hydrogens (tertiary/aromatic N) is 1. The van der Waals surface area contributed by atoms with Gasteiger partial charge in [-0.2, -0.15) is 0 Å². The van der Waals surface area contributed by atoms with Crippen LogP contribution in [0.15, 0.2) is 30.6 Å². The highest BCUT2D eigenvalue weighted by Gasteiger charge is 2.29. The van der Waals surface area contributed by atoms with Crippen LogP contribution in [0.1, 0.15) is 11.4 Å². The predicted octanol–water partition coefficient (Wildman–Crippen LogP) is 1.68. The molecule has 3 rings (SSSR count). The van der Waals surface area contributed by atoms with E-state index in [0.717, 1.165) is 11.3 Å². The molecule has 19 heavy (non-hydrogen) atoms. The molecular formula is C13H12ClN3O2. The summed E-state index contributed by atoms with van der Waals surface area (Å²) in [5, 5.41) is 3.44. The van der Waals surface area contributed by atoms with E-state index >= 15 is 0 Å². The van der Waals surface area contributed by atoms with Crippen molar-refractivity contribution in [3.63, 3.8) is 0 Å². The van der Waals surface area contributed by atoms with Crippen LogP contribution >= 0.6 is 11.6 Å². The molecule has 0 saturated heterocycles. The largest absolute Gasteiger partial charge is 0.480 e. The van der Waals surface area contributed by atoms with Gasteiger partial charge in [0.05, 0.1) is 6.54 Å². The number of halogens is 1. The third kappa shape index (κ3) is 2.56. The second kappa shape index (κ2) is 4.93. The highest BCUT2D eigenvalue weighted by molar-refractivity contribution is 6.30. The van der Waals surface area contributed by atoms with Gasteiger partial charge in [0.15, 0.2) is 6.10 Å². The first-order chi connectivity index (χ1) is 9.22. The Balaban J connectivity index is 1.61. The van der Waals surface area contributed by atoms with Crippen molar-refractivity contribution in [1.82, 2.24) is 15.3 Å². The molecule has 1 atom stereocenters. The summed E-state index contributed by atoms with van der Waals surface area (Å²) in [6.45, 7) is 0.364. The zero-order valence-electron chi connectivity index (χ0n) is 10.0. The summed E-state index contributed by atoms with van der Waals surface area (Å²) in [4.78, 5) is 18.9. The zero-order chi connectivity index (χ0) is 13.2. The fourth-order valence-electron chi connectivity index (χ4n) is 2.04. The van der Waals surface area contributed by atoms with E-state index in [2.05, 4.69) is 15.3 Å². The molecule has 98 valence electrons. The van der Waals surface area contributed by atoms with Gasteiger partial charge in [-0.15, -0.1) is 0 Å². The van der Waals surface area contributed by atoms with Gasteiger partial charge < -0.3 is 15.0 Å². The third-order valence-corrected chi connectivity index (χ3v) is 3.21. The topological polar surface area (TPSA) is 67.0 Å². The first-order valence-corrected chi connectivity index (χ1v) is 6.31. The fraction of sp³-hybridized carbons (Fsp3) is 0.231. The van der Waals surface area contributed by atoms with Gasteiger partial charge in [0.2, 0.25) is 0 Å². The zero-order valence-corrected chi connectivity index (χ0v) is 10.8. The maximum absolute atomic E-state index is 12.0. The average molecular weight is 278 g/mol. The van der Waals surface area contributed by atoms with Crippen LogP contribution in [0.5, 0.6) is 5.75 Å². The summed E-state index contributed by atoms with van der Waals surface area (Å²) in [6, 6.07) is 5.37. The average Bonchev–Trinajstić information content (AvgIpc) is 3.04. The van der Waals surface area contributed by atoms with Gasteiger partial charge in [-0.25, -0.2) is 4.98 Å². The number of carbonyl (C=O) groups is 1. The first-order valence-electron chi connectivity index (χ1n) is 5.93. The number of imidazole rings is 1. The lowest BCUT2D eigenvalue weighted by molar-refractivity contribution is -0.127. The van der Waals surface area contributed by atoms with Crippen molar-refractivity contribution in [2.24, 2.45) is 0 Å². The molecule has 1 unspecified atom stereocenters. The molecule has 1 aromatic heterocycles. The summed E-state index contributed by atoms with van der Waals surface area (Å²) < 4.78 is 5.59. The van der Waals surface area contributed by atoms with Crippen LogP contribution in [-0.2, 0) is 17.8 Å². The van der Waals surface area contributed by atoms with Gasteiger partial charge in [0.25, 0.3) is 5.91 Å². The van der Waals surface area contributed by atoms with Crippen molar-refractivity contribution >= 4 is 17.5 Å². The van der Waals surface area contributed by atoms with Gasteiger partial charge >= 0.3 is 0 Å². The number of H-pyrrole nitrogens is 1. The number of aromatic nitrogens is 2. The molecule has 2 N–H and O–H groups in total. The molecule has 0 spiro atoms. The molecule has 1 aromatic carbocycles. The van der Waals surface area contributed by atoms with E-state index in [0.29, 0.717) is 23.8 Å². The monoisotopic (exact) mass is 277 g/mol. The minimum atomic E-state index is -0.497. The Morgan fingerprint density at radius 1 is 1.58 bits per heavy atom. The molecule has 0 radical (unpaired) electrons. The number of nitrogens with one attached hydrogen (secondary N) is 2. The van der Waals surface area contributed by atoms with E-state index in [-0.39, 0.29) is 5.91 Å². The van der Waals surface area contributed by atoms with E-state index in [1.165, 1.54) is 0 Å². The van der Waals surface area contributed by atoms with Crippen molar-refractivity contribution in [2.75, 3.05) is 0 Å². The SMILES string of the molecule is O=C(NCc1ncc[nH]1)C1Cc2cc(Cl)ccc2O1. The maximum Gasteiger partial charge on any atom is 0.261 e. The number of amides is 1. The van der Waals surface area contributed by atoms with Crippen LogP contribution in [0.2, 0.25) is 5.02 Å². The minimum absolute atomic E-state index is 0.149. The van der Waals surface area contributed by atoms with Crippen LogP contribution in [0.25, 0.3) is 0 Å². The smallest absolute Gasteiger partial charge is 0.261 e. The van der Waals surface area contributed by atoms with Crippen LogP contribution < -0.4 is 10.1 Å². The summed E-state index contributed by atoms with van der Waals surface area (Å²) in [7, 11) is 0. The molecule has 0 bridgehead atoms. The molecule has 0 aliphatic carbocycles. The number of hydrogen-bond acceptors (Lipinski definition) is 3. The summed E-state index contributed by atoms with van der Waals surface area (Å²) in [6.07, 6.45) is 3.40. The summed E-state index contributed by atoms with van der Waals surface area (Å²) in [5.74, 6) is 1.29. The van der Waals surface area contributed by atoms with E-state index in [1.807, 2.05) is 6.07 Å². The highest BCUT2D eigenvalue weighted by atomic mass is 35.5. The van der Waals surface area contributed by atoms with Crippen molar-refractivity contribution in [3.8, 4) is 5.75 Å². The summed E-state index contributed by atoms with van der Waals surface area (Å²) in [5.41, 5.74) is 0.964. The van der Waals surface area contributed by atoms with Gasteiger partial charge in [-0.3, -0.25) is 4.79 Å². The Labute approximate surface area is 114 Å². The number of carbonyl (C=O) groups excluding carboxylic acids is 1. The van der Waals surface area contributed by atoms with Gasteiger partial charge in [-0.1, -0.05) is 11.6 Å². The minimum Gasteiger partial charge on any atom is -0.480 e. The van der Waals surface area contributed by atoms with Crippen molar-refractivity contribution in [3.05, 3.63) is 47.0 Å². The Kier molecular flexibility index (Phi) is 3.13. The molecule has 5 nitrogen and oxygen atoms in total. The first kappa shape index (κ1) is 12.0. The normalized spacial score (nSPS) is 16.8. The number of aromatic amines is 1. The molecule has 6 heteroatoms. The van der Waals surface area contributed by atoms with E-state index in [1.54, 1.807) is 24.5 Å². The predicted molar refractivity (Wildman–Crippen MR) is 70.0 cm³/mol. The Hall–Kier alpha value is -2.01. The molecule has 2 aromatic rings.